The highest BCUT2D eigenvalue weighted by Crippen LogP contribution is 2.45. The predicted molar refractivity (Wildman–Crippen MR) is 60.2 cm³/mol. The van der Waals surface area contributed by atoms with E-state index in [1.807, 2.05) is 6.07 Å². The van der Waals surface area contributed by atoms with Gasteiger partial charge in [-0.2, -0.15) is 0 Å². The molecular weight excluding hydrogens is 212 g/mol. The minimum atomic E-state index is -0.301. The Kier molecular flexibility index (Phi) is 2.83. The van der Waals surface area contributed by atoms with Crippen LogP contribution in [-0.4, -0.2) is 23.3 Å². The summed E-state index contributed by atoms with van der Waals surface area (Å²) in [5, 5.41) is 12.3. The number of benzene rings is 1. The highest BCUT2D eigenvalue weighted by atomic mass is 32.2. The molecule has 0 saturated heterocycles. The van der Waals surface area contributed by atoms with Gasteiger partial charge in [0, 0.05) is 4.90 Å². The molecule has 80 valence electrons. The molecule has 1 heterocycles. The minimum absolute atomic E-state index is 0.183. The average molecular weight is 224 g/mol. The molecule has 1 unspecified atom stereocenters. The summed E-state index contributed by atoms with van der Waals surface area (Å²) in [6.07, 6.45) is 1.58. The lowest BCUT2D eigenvalue weighted by Crippen LogP contribution is -2.10. The molecule has 2 rings (SSSR count). The zero-order valence-electron chi connectivity index (χ0n) is 8.06. The van der Waals surface area contributed by atoms with Gasteiger partial charge in [0.15, 0.2) is 6.29 Å². The van der Waals surface area contributed by atoms with Crippen molar-refractivity contribution in [3.63, 3.8) is 0 Å². The van der Waals surface area contributed by atoms with E-state index >= 15 is 0 Å². The van der Waals surface area contributed by atoms with Crippen LogP contribution in [0, 0.1) is 0 Å². The Labute approximate surface area is 91.9 Å². The third kappa shape index (κ3) is 1.80. The van der Waals surface area contributed by atoms with Crippen molar-refractivity contribution >= 4 is 23.7 Å². The van der Waals surface area contributed by atoms with Gasteiger partial charge in [0.2, 0.25) is 0 Å². The maximum Gasteiger partial charge on any atom is 0.152 e. The fourth-order valence-corrected chi connectivity index (χ4v) is 2.69. The minimum Gasteiger partial charge on any atom is -0.506 e. The molecular formula is C10H12N2O2S. The highest BCUT2D eigenvalue weighted by molar-refractivity contribution is 8.01. The predicted octanol–water partition coefficient (Wildman–Crippen LogP) is 0.936. The first-order chi connectivity index (χ1) is 7.26. The third-order valence-electron chi connectivity index (χ3n) is 2.29. The zero-order chi connectivity index (χ0) is 10.8. The number of rotatable bonds is 3. The number of thioether (sulfide) groups is 1. The second-order valence-corrected chi connectivity index (χ2v) is 4.46. The third-order valence-corrected chi connectivity index (χ3v) is 3.47. The van der Waals surface area contributed by atoms with Crippen LogP contribution in [0.2, 0.25) is 0 Å². The maximum absolute atomic E-state index is 10.7. The van der Waals surface area contributed by atoms with Crippen LogP contribution in [0.15, 0.2) is 17.0 Å². The number of anilines is 1. The number of phenols is 1. The summed E-state index contributed by atoms with van der Waals surface area (Å²) in [4.78, 5) is 11.6. The molecule has 0 aliphatic carbocycles. The van der Waals surface area contributed by atoms with Crippen molar-refractivity contribution in [2.45, 2.75) is 16.7 Å². The van der Waals surface area contributed by atoms with Gasteiger partial charge in [0.25, 0.3) is 0 Å². The van der Waals surface area contributed by atoms with Crippen LogP contribution in [0.1, 0.15) is 5.56 Å². The van der Waals surface area contributed by atoms with Crippen molar-refractivity contribution in [2.24, 2.45) is 5.73 Å². The van der Waals surface area contributed by atoms with Gasteiger partial charge in [-0.05, 0) is 24.6 Å². The van der Waals surface area contributed by atoms with Crippen LogP contribution in [0.5, 0.6) is 5.75 Å². The Morgan fingerprint density at radius 3 is 3.07 bits per heavy atom. The number of carbonyl (C=O) groups is 1. The number of aldehydes is 1. The fraction of sp³-hybridized carbons (Fsp3) is 0.300. The molecule has 0 bridgehead atoms. The Morgan fingerprint density at radius 1 is 1.60 bits per heavy atom. The van der Waals surface area contributed by atoms with Gasteiger partial charge in [-0.3, -0.25) is 0 Å². The fourth-order valence-electron chi connectivity index (χ4n) is 1.60. The van der Waals surface area contributed by atoms with Crippen LogP contribution in [0.4, 0.5) is 5.69 Å². The maximum atomic E-state index is 10.7. The van der Waals surface area contributed by atoms with E-state index in [-0.39, 0.29) is 11.1 Å². The quantitative estimate of drug-likeness (QED) is 0.526. The summed E-state index contributed by atoms with van der Waals surface area (Å²) in [6.45, 7) is 0.559. The summed E-state index contributed by atoms with van der Waals surface area (Å²) in [6, 6.07) is 3.48. The summed E-state index contributed by atoms with van der Waals surface area (Å²) in [7, 11) is 0. The largest absolute Gasteiger partial charge is 0.506 e. The number of phenolic OH excluding ortho intramolecular Hbond substituents is 1. The highest BCUT2D eigenvalue weighted by Gasteiger charge is 2.25. The van der Waals surface area contributed by atoms with E-state index in [4.69, 9.17) is 5.73 Å². The van der Waals surface area contributed by atoms with E-state index in [9.17, 15) is 9.90 Å². The number of fused-ring (bicyclic) bond motifs is 1. The zero-order valence-corrected chi connectivity index (χ0v) is 8.88. The van der Waals surface area contributed by atoms with Gasteiger partial charge in [-0.15, -0.1) is 0 Å². The molecule has 1 aliphatic rings. The first-order valence-corrected chi connectivity index (χ1v) is 5.57. The monoisotopic (exact) mass is 224 g/mol. The summed E-state index contributed by atoms with van der Waals surface area (Å²) in [5.41, 5.74) is 7.23. The summed E-state index contributed by atoms with van der Waals surface area (Å²) >= 11 is 1.42. The van der Waals surface area contributed by atoms with E-state index in [0.29, 0.717) is 12.2 Å². The van der Waals surface area contributed by atoms with Crippen molar-refractivity contribution in [3.8, 4) is 5.75 Å². The van der Waals surface area contributed by atoms with Gasteiger partial charge in [0.05, 0.1) is 5.69 Å². The van der Waals surface area contributed by atoms with Gasteiger partial charge in [-0.1, -0.05) is 17.8 Å². The van der Waals surface area contributed by atoms with E-state index in [1.165, 1.54) is 11.8 Å². The Balaban J connectivity index is 2.40. The van der Waals surface area contributed by atoms with Gasteiger partial charge in [-0.25, -0.2) is 0 Å². The lowest BCUT2D eigenvalue weighted by atomic mass is 10.1. The Morgan fingerprint density at radius 2 is 2.40 bits per heavy atom. The van der Waals surface area contributed by atoms with Crippen LogP contribution >= 0.6 is 11.8 Å². The molecule has 1 aromatic rings. The van der Waals surface area contributed by atoms with Crippen molar-refractivity contribution < 1.29 is 9.90 Å². The first-order valence-electron chi connectivity index (χ1n) is 4.69. The van der Waals surface area contributed by atoms with E-state index < -0.39 is 0 Å². The van der Waals surface area contributed by atoms with E-state index in [1.54, 1.807) is 6.07 Å². The van der Waals surface area contributed by atoms with Crippen LogP contribution in [0.25, 0.3) is 0 Å². The normalized spacial score (nSPS) is 18.3. The average Bonchev–Trinajstić information content (AvgIpc) is 2.67. The van der Waals surface area contributed by atoms with Gasteiger partial charge < -0.3 is 21.0 Å². The molecule has 4 N–H and O–H groups in total. The molecule has 1 atom stereocenters. The summed E-state index contributed by atoms with van der Waals surface area (Å²) in [5.74, 6) is 0.183. The van der Waals surface area contributed by atoms with Crippen LogP contribution in [-0.2, 0) is 11.2 Å². The molecule has 15 heavy (non-hydrogen) atoms. The van der Waals surface area contributed by atoms with Crippen molar-refractivity contribution in [3.05, 3.63) is 17.7 Å². The second kappa shape index (κ2) is 4.12. The number of carbonyl (C=O) groups excluding carboxylic acids is 1. The SMILES string of the molecule is NCCc1ccc(O)c2c1SC(C=O)N2. The van der Waals surface area contributed by atoms with E-state index in [2.05, 4.69) is 5.32 Å². The van der Waals surface area contributed by atoms with Gasteiger partial charge in [0.1, 0.15) is 11.1 Å². The Bertz CT molecular complexity index is 395. The molecule has 0 radical (unpaired) electrons. The van der Waals surface area contributed by atoms with Crippen molar-refractivity contribution in [2.75, 3.05) is 11.9 Å². The Hall–Kier alpha value is -1.20. The standard InChI is InChI=1S/C10H12N2O2S/c11-4-3-6-1-2-7(14)9-10(6)15-8(5-13)12-9/h1-2,5,8,12,14H,3-4,11H2. The van der Waals surface area contributed by atoms with Gasteiger partial charge >= 0.3 is 0 Å². The molecule has 0 fully saturated rings. The second-order valence-electron chi connectivity index (χ2n) is 3.31. The first kappa shape index (κ1) is 10.3. The number of nitrogens with one attached hydrogen (secondary N) is 1. The lowest BCUT2D eigenvalue weighted by molar-refractivity contribution is -0.107. The topological polar surface area (TPSA) is 75.3 Å². The number of hydrogen-bond donors (Lipinski definition) is 3. The van der Waals surface area contributed by atoms with Crippen molar-refractivity contribution in [1.82, 2.24) is 0 Å². The molecule has 0 amide bonds. The molecule has 1 aliphatic heterocycles. The number of hydrogen-bond acceptors (Lipinski definition) is 5. The molecule has 5 heteroatoms. The van der Waals surface area contributed by atoms with Crippen LogP contribution < -0.4 is 11.1 Å². The molecule has 1 aromatic carbocycles. The molecule has 0 aromatic heterocycles. The summed E-state index contributed by atoms with van der Waals surface area (Å²) < 4.78 is 0. The van der Waals surface area contributed by atoms with Crippen molar-refractivity contribution in [1.29, 1.82) is 0 Å². The lowest BCUT2D eigenvalue weighted by Gasteiger charge is -2.06. The molecule has 0 saturated carbocycles. The molecule has 0 spiro atoms. The smallest absolute Gasteiger partial charge is 0.152 e. The molecule has 4 nitrogen and oxygen atoms in total. The van der Waals surface area contributed by atoms with E-state index in [0.717, 1.165) is 23.2 Å². The van der Waals surface area contributed by atoms with Crippen LogP contribution in [0.3, 0.4) is 0 Å². The number of nitrogens with two attached hydrogens (primary N) is 1. The number of aromatic hydroxyl groups is 1.